The molecule has 4 aliphatic carbocycles. The van der Waals surface area contributed by atoms with Gasteiger partial charge in [-0.2, -0.15) is 0 Å². The molecule has 0 aromatic carbocycles. The number of aliphatic carboxylic acids is 1. The van der Waals surface area contributed by atoms with Gasteiger partial charge in [-0.1, -0.05) is 34.1 Å². The number of carboxylic acids is 1. The molecule has 0 saturated heterocycles. The quantitative estimate of drug-likeness (QED) is 0.642. The van der Waals surface area contributed by atoms with E-state index in [1.807, 2.05) is 0 Å². The van der Waals surface area contributed by atoms with E-state index in [1.54, 1.807) is 0 Å². The van der Waals surface area contributed by atoms with E-state index in [0.717, 1.165) is 18.8 Å². The molecule has 0 aliphatic heterocycles. The van der Waals surface area contributed by atoms with E-state index in [1.165, 1.54) is 44.9 Å². The first-order chi connectivity index (χ1) is 13.2. The molecule has 4 saturated carbocycles. The second-order valence-electron chi connectivity index (χ2n) is 11.8. The van der Waals surface area contributed by atoms with Gasteiger partial charge in [0.25, 0.3) is 0 Å². The standard InChI is InChI=1S/C25H42O3/c1-15-9-11-24(3)17(13-15)14-21(26)23-19-7-6-18(16(2)5-8-22(27)28)25(19,4)12-10-20(23)24/h15-21,23,26H,5-14H2,1-4H3,(H,27,28)/t15-,16-,17?,18-,19?,20?,21?,23?,24+,25-/m1/s1. The predicted molar refractivity (Wildman–Crippen MR) is 112 cm³/mol. The van der Waals surface area contributed by atoms with Crippen LogP contribution in [0.25, 0.3) is 0 Å². The fourth-order valence-electron chi connectivity index (χ4n) is 8.96. The summed E-state index contributed by atoms with van der Waals surface area (Å²) in [4.78, 5) is 11.1. The summed E-state index contributed by atoms with van der Waals surface area (Å²) in [6.07, 6.45) is 11.1. The Balaban J connectivity index is 1.55. The zero-order valence-electron chi connectivity index (χ0n) is 18.5. The number of fused-ring (bicyclic) bond motifs is 5. The molecule has 0 spiro atoms. The molecular formula is C25H42O3. The van der Waals surface area contributed by atoms with E-state index in [2.05, 4.69) is 27.7 Å². The van der Waals surface area contributed by atoms with E-state index < -0.39 is 5.97 Å². The second-order valence-corrected chi connectivity index (χ2v) is 11.8. The lowest BCUT2D eigenvalue weighted by Gasteiger charge is -2.62. The van der Waals surface area contributed by atoms with E-state index in [-0.39, 0.29) is 6.10 Å². The highest BCUT2D eigenvalue weighted by Crippen LogP contribution is 2.68. The lowest BCUT2D eigenvalue weighted by molar-refractivity contribution is -0.168. The van der Waals surface area contributed by atoms with Gasteiger partial charge < -0.3 is 10.2 Å². The van der Waals surface area contributed by atoms with Crippen molar-refractivity contribution >= 4 is 5.97 Å². The van der Waals surface area contributed by atoms with Crippen LogP contribution in [0.2, 0.25) is 0 Å². The summed E-state index contributed by atoms with van der Waals surface area (Å²) in [7, 11) is 0. The number of aliphatic hydroxyl groups is 1. The summed E-state index contributed by atoms with van der Waals surface area (Å²) in [6, 6.07) is 0. The van der Waals surface area contributed by atoms with Crippen molar-refractivity contribution in [1.29, 1.82) is 0 Å². The molecule has 0 radical (unpaired) electrons. The van der Waals surface area contributed by atoms with Crippen molar-refractivity contribution in [2.75, 3.05) is 0 Å². The van der Waals surface area contributed by atoms with Crippen LogP contribution in [-0.2, 0) is 4.79 Å². The predicted octanol–water partition coefficient (Wildman–Crippen LogP) is 5.75. The molecule has 0 amide bonds. The first-order valence-electron chi connectivity index (χ1n) is 12.1. The van der Waals surface area contributed by atoms with Crippen LogP contribution in [-0.4, -0.2) is 22.3 Å². The van der Waals surface area contributed by atoms with Crippen molar-refractivity contribution in [3.63, 3.8) is 0 Å². The molecule has 4 aliphatic rings. The summed E-state index contributed by atoms with van der Waals surface area (Å²) >= 11 is 0. The Morgan fingerprint density at radius 2 is 1.71 bits per heavy atom. The normalized spacial score (nSPS) is 51.7. The van der Waals surface area contributed by atoms with Crippen molar-refractivity contribution in [3.8, 4) is 0 Å². The smallest absolute Gasteiger partial charge is 0.303 e. The van der Waals surface area contributed by atoms with E-state index in [0.29, 0.717) is 52.8 Å². The van der Waals surface area contributed by atoms with Crippen LogP contribution in [0, 0.1) is 52.3 Å². The molecule has 5 unspecified atom stereocenters. The summed E-state index contributed by atoms with van der Waals surface area (Å²) in [5.74, 6) is 3.78. The molecule has 2 N–H and O–H groups in total. The summed E-state index contributed by atoms with van der Waals surface area (Å²) in [5.41, 5.74) is 0.732. The third-order valence-electron chi connectivity index (χ3n) is 10.5. The van der Waals surface area contributed by atoms with Crippen molar-refractivity contribution < 1.29 is 15.0 Å². The Morgan fingerprint density at radius 1 is 1.04 bits per heavy atom. The zero-order valence-corrected chi connectivity index (χ0v) is 18.5. The minimum atomic E-state index is -0.663. The number of carbonyl (C=O) groups is 1. The molecule has 4 fully saturated rings. The molecule has 0 bridgehead atoms. The van der Waals surface area contributed by atoms with Gasteiger partial charge in [0.2, 0.25) is 0 Å². The fourth-order valence-corrected chi connectivity index (χ4v) is 8.96. The third kappa shape index (κ3) is 3.15. The van der Waals surface area contributed by atoms with Gasteiger partial charge in [-0.3, -0.25) is 4.79 Å². The number of aliphatic hydroxyl groups excluding tert-OH is 1. The highest BCUT2D eigenvalue weighted by Gasteiger charge is 2.62. The maximum atomic E-state index is 11.3. The van der Waals surface area contributed by atoms with Crippen molar-refractivity contribution in [1.82, 2.24) is 0 Å². The molecule has 0 heterocycles. The van der Waals surface area contributed by atoms with E-state index in [4.69, 9.17) is 5.11 Å². The molecule has 28 heavy (non-hydrogen) atoms. The van der Waals surface area contributed by atoms with Crippen LogP contribution in [0.15, 0.2) is 0 Å². The van der Waals surface area contributed by atoms with Gasteiger partial charge in [0.1, 0.15) is 0 Å². The number of hydrogen-bond acceptors (Lipinski definition) is 2. The number of carboxylic acid groups (broad SMARTS) is 1. The maximum absolute atomic E-state index is 11.3. The zero-order chi connectivity index (χ0) is 20.3. The molecule has 10 atom stereocenters. The molecule has 0 aromatic heterocycles. The van der Waals surface area contributed by atoms with E-state index in [9.17, 15) is 9.90 Å². The van der Waals surface area contributed by atoms with Crippen LogP contribution in [0.3, 0.4) is 0 Å². The Bertz CT molecular complexity index is 603. The Kier molecular flexibility index (Phi) is 5.39. The minimum Gasteiger partial charge on any atom is -0.481 e. The van der Waals surface area contributed by atoms with Crippen LogP contribution >= 0.6 is 0 Å². The Labute approximate surface area is 171 Å². The SMILES string of the molecule is C[C@@H]1CC[C@@]2(C)C(CC(O)C3C2CC[C@@]2(C)C3CC[C@@H]2[C@H](C)CCC(=O)O)C1. The fraction of sp³-hybridized carbons (Fsp3) is 0.960. The van der Waals surface area contributed by atoms with Crippen molar-refractivity contribution in [3.05, 3.63) is 0 Å². The summed E-state index contributed by atoms with van der Waals surface area (Å²) < 4.78 is 0. The van der Waals surface area contributed by atoms with Gasteiger partial charge in [-0.25, -0.2) is 0 Å². The second kappa shape index (κ2) is 7.29. The first kappa shape index (κ1) is 20.7. The first-order valence-corrected chi connectivity index (χ1v) is 12.1. The summed E-state index contributed by atoms with van der Waals surface area (Å²) in [6.45, 7) is 9.74. The van der Waals surface area contributed by atoms with Gasteiger partial charge in [-0.05, 0) is 104 Å². The molecule has 3 heteroatoms. The molecule has 3 nitrogen and oxygen atoms in total. The van der Waals surface area contributed by atoms with Crippen LogP contribution in [0.5, 0.6) is 0 Å². The van der Waals surface area contributed by atoms with E-state index >= 15 is 0 Å². The molecule has 4 rings (SSSR count). The average Bonchev–Trinajstić information content (AvgIpc) is 2.98. The van der Waals surface area contributed by atoms with Crippen molar-refractivity contribution in [2.45, 2.75) is 98.0 Å². The Morgan fingerprint density at radius 3 is 2.43 bits per heavy atom. The lowest BCUT2D eigenvalue weighted by atomic mass is 9.43. The molecule has 160 valence electrons. The van der Waals surface area contributed by atoms with Crippen molar-refractivity contribution in [2.24, 2.45) is 52.3 Å². The van der Waals surface area contributed by atoms with Gasteiger partial charge in [0.05, 0.1) is 6.10 Å². The highest BCUT2D eigenvalue weighted by atomic mass is 16.4. The lowest BCUT2D eigenvalue weighted by Crippen LogP contribution is -2.58. The molecule has 0 aromatic rings. The summed E-state index contributed by atoms with van der Waals surface area (Å²) in [5, 5.41) is 20.4. The van der Waals surface area contributed by atoms with Gasteiger partial charge in [0, 0.05) is 6.42 Å². The largest absolute Gasteiger partial charge is 0.481 e. The monoisotopic (exact) mass is 390 g/mol. The topological polar surface area (TPSA) is 57.5 Å². The van der Waals surface area contributed by atoms with Gasteiger partial charge in [-0.15, -0.1) is 0 Å². The minimum absolute atomic E-state index is 0.119. The third-order valence-corrected chi connectivity index (χ3v) is 10.5. The van der Waals surface area contributed by atoms with Gasteiger partial charge in [0.15, 0.2) is 0 Å². The highest BCUT2D eigenvalue weighted by molar-refractivity contribution is 5.66. The number of hydrogen-bond donors (Lipinski definition) is 2. The van der Waals surface area contributed by atoms with Crippen LogP contribution in [0.1, 0.15) is 91.9 Å². The Hall–Kier alpha value is -0.570. The molecular weight excluding hydrogens is 348 g/mol. The maximum Gasteiger partial charge on any atom is 0.303 e. The van der Waals surface area contributed by atoms with Gasteiger partial charge >= 0.3 is 5.97 Å². The van der Waals surface area contributed by atoms with Crippen LogP contribution in [0.4, 0.5) is 0 Å². The average molecular weight is 391 g/mol. The van der Waals surface area contributed by atoms with Crippen LogP contribution < -0.4 is 0 Å². The number of rotatable bonds is 4.